The fraction of sp³-hybridized carbons (Fsp3) is 0.429. The summed E-state index contributed by atoms with van der Waals surface area (Å²) in [6.07, 6.45) is 5.55. The lowest BCUT2D eigenvalue weighted by Gasteiger charge is -2.29. The summed E-state index contributed by atoms with van der Waals surface area (Å²) in [4.78, 5) is 0. The molecule has 7 heteroatoms. The fourth-order valence-electron chi connectivity index (χ4n) is 2.07. The molecule has 0 radical (unpaired) electrons. The van der Waals surface area contributed by atoms with Gasteiger partial charge in [-0.05, 0) is 39.0 Å². The minimum atomic E-state index is -3.21. The van der Waals surface area contributed by atoms with Crippen molar-refractivity contribution in [2.75, 3.05) is 41.2 Å². The van der Waals surface area contributed by atoms with E-state index in [1.807, 2.05) is 69.3 Å². The number of hydrogen-bond donors (Lipinski definition) is 0. The molecule has 0 saturated carbocycles. The van der Waals surface area contributed by atoms with E-state index in [1.54, 1.807) is 21.3 Å². The predicted molar refractivity (Wildman–Crippen MR) is 112 cm³/mol. The van der Waals surface area contributed by atoms with Crippen molar-refractivity contribution in [3.63, 3.8) is 0 Å². The highest BCUT2D eigenvalue weighted by molar-refractivity contribution is 6.75. The van der Waals surface area contributed by atoms with Gasteiger partial charge in [-0.1, -0.05) is 30.3 Å². The Morgan fingerprint density at radius 3 is 1.36 bits per heavy atom. The molecule has 0 fully saturated rings. The van der Waals surface area contributed by atoms with E-state index in [0.29, 0.717) is 19.8 Å². The molecule has 28 heavy (non-hydrogen) atoms. The van der Waals surface area contributed by atoms with Crippen molar-refractivity contribution in [1.82, 2.24) is 0 Å². The van der Waals surface area contributed by atoms with Crippen LogP contribution in [0.2, 0.25) is 0 Å². The van der Waals surface area contributed by atoms with Crippen LogP contribution in [0.15, 0.2) is 65.8 Å². The Morgan fingerprint density at radius 1 is 0.679 bits per heavy atom. The van der Waals surface area contributed by atoms with Crippen LogP contribution in [0.1, 0.15) is 20.8 Å². The molecule has 0 unspecified atom stereocenters. The van der Waals surface area contributed by atoms with Gasteiger partial charge in [0.05, 0.1) is 58.4 Å². The largest absolute Gasteiger partial charge is 0.538 e. The van der Waals surface area contributed by atoms with Crippen molar-refractivity contribution in [3.05, 3.63) is 65.8 Å². The van der Waals surface area contributed by atoms with Crippen LogP contribution in [0.4, 0.5) is 0 Å². The maximum absolute atomic E-state index is 6.22. The Bertz CT molecular complexity index is 594. The quantitative estimate of drug-likeness (QED) is 0.368. The summed E-state index contributed by atoms with van der Waals surface area (Å²) in [5.74, 6) is 2.30. The van der Waals surface area contributed by atoms with E-state index in [1.165, 1.54) is 0 Å². The molecule has 0 aliphatic heterocycles. The third-order valence-corrected chi connectivity index (χ3v) is 6.71. The molecule has 0 saturated heterocycles. The molecule has 1 aromatic carbocycles. The van der Waals surface area contributed by atoms with Crippen LogP contribution in [0, 0.1) is 0 Å². The zero-order chi connectivity index (χ0) is 20.8. The number of rotatable bonds is 13. The fourth-order valence-corrected chi connectivity index (χ4v) is 4.33. The Labute approximate surface area is 169 Å². The maximum atomic E-state index is 6.22. The van der Waals surface area contributed by atoms with Crippen molar-refractivity contribution < 1.29 is 27.5 Å². The molecule has 0 heterocycles. The van der Waals surface area contributed by atoms with Crippen molar-refractivity contribution in [3.8, 4) is 0 Å². The molecule has 0 amide bonds. The Kier molecular flexibility index (Phi) is 11.3. The zero-order valence-electron chi connectivity index (χ0n) is 17.7. The van der Waals surface area contributed by atoms with Crippen molar-refractivity contribution in [2.45, 2.75) is 20.8 Å². The monoisotopic (exact) mass is 408 g/mol. The molecule has 156 valence electrons. The normalized spacial score (nSPS) is 15.1. The Morgan fingerprint density at radius 2 is 1.04 bits per heavy atom. The summed E-state index contributed by atoms with van der Waals surface area (Å²) in [5, 5.41) is 0.880. The second kappa shape index (κ2) is 13.2. The van der Waals surface area contributed by atoms with Gasteiger partial charge in [0.2, 0.25) is 0 Å². The summed E-state index contributed by atoms with van der Waals surface area (Å²) >= 11 is 0. The van der Waals surface area contributed by atoms with Crippen LogP contribution in [0.25, 0.3) is 0 Å². The number of hydrogen-bond acceptors (Lipinski definition) is 6. The molecular formula is C21H32O6Si. The lowest BCUT2D eigenvalue weighted by atomic mass is 10.4. The van der Waals surface area contributed by atoms with Crippen molar-refractivity contribution in [1.29, 1.82) is 0 Å². The third kappa shape index (κ3) is 8.31. The van der Waals surface area contributed by atoms with E-state index in [9.17, 15) is 0 Å². The van der Waals surface area contributed by atoms with E-state index in [4.69, 9.17) is 27.5 Å². The van der Waals surface area contributed by atoms with Crippen molar-refractivity contribution >= 4 is 14.0 Å². The smallest absolute Gasteiger partial charge is 0.502 e. The summed E-state index contributed by atoms with van der Waals surface area (Å²) in [7, 11) is 1.66. The highest BCUT2D eigenvalue weighted by Crippen LogP contribution is 2.13. The van der Waals surface area contributed by atoms with Gasteiger partial charge in [-0.25, -0.2) is 0 Å². The first-order valence-electron chi connectivity index (χ1n) is 9.07. The van der Waals surface area contributed by atoms with Crippen LogP contribution in [0.3, 0.4) is 0 Å². The lowest BCUT2D eigenvalue weighted by Crippen LogP contribution is -2.57. The summed E-state index contributed by atoms with van der Waals surface area (Å²) in [6.45, 7) is 6.52. The molecular weight excluding hydrogens is 376 g/mol. The molecule has 0 spiro atoms. The van der Waals surface area contributed by atoms with E-state index in [0.717, 1.165) is 22.5 Å². The summed E-state index contributed by atoms with van der Waals surface area (Å²) in [6, 6.07) is 9.74. The van der Waals surface area contributed by atoms with Gasteiger partial charge in [-0.15, -0.1) is 0 Å². The number of methoxy groups -OCH3 is 3. The van der Waals surface area contributed by atoms with E-state index < -0.39 is 8.80 Å². The average Bonchev–Trinajstić information content (AvgIpc) is 2.73. The second-order valence-electron chi connectivity index (χ2n) is 5.91. The van der Waals surface area contributed by atoms with Crippen LogP contribution >= 0.6 is 0 Å². The highest BCUT2D eigenvalue weighted by atomic mass is 28.4. The van der Waals surface area contributed by atoms with Gasteiger partial charge >= 0.3 is 8.80 Å². The second-order valence-corrected chi connectivity index (χ2v) is 8.47. The SMILES string of the molecule is COC(C)=CCO[Si](OCC=C(C)OC)(OCC=C(C)OC)c1ccccc1. The average molecular weight is 409 g/mol. The molecule has 0 N–H and O–H groups in total. The van der Waals surface area contributed by atoms with Crippen LogP contribution < -0.4 is 5.19 Å². The van der Waals surface area contributed by atoms with Gasteiger partial charge in [0.25, 0.3) is 0 Å². The standard InChI is InChI=1S/C21H32O6Si/c1-18(22-4)12-15-25-28(21-10-8-7-9-11-21,26-16-13-19(2)23-5)27-17-14-20(3)24-6/h7-14H,15-17H2,1-6H3. The van der Waals surface area contributed by atoms with Gasteiger partial charge < -0.3 is 27.5 Å². The molecule has 0 atom stereocenters. The molecule has 0 aliphatic rings. The minimum absolute atomic E-state index is 0.306. The summed E-state index contributed by atoms with van der Waals surface area (Å²) < 4.78 is 34.2. The predicted octanol–water partition coefficient (Wildman–Crippen LogP) is 3.53. The van der Waals surface area contributed by atoms with E-state index in [2.05, 4.69) is 0 Å². The molecule has 1 aromatic rings. The Hall–Kier alpha value is -2.06. The molecule has 0 bridgehead atoms. The first-order chi connectivity index (χ1) is 13.5. The summed E-state index contributed by atoms with van der Waals surface area (Å²) in [5.41, 5.74) is 0. The lowest BCUT2D eigenvalue weighted by molar-refractivity contribution is 0.0984. The van der Waals surface area contributed by atoms with Crippen LogP contribution in [-0.2, 0) is 27.5 Å². The zero-order valence-corrected chi connectivity index (χ0v) is 18.7. The van der Waals surface area contributed by atoms with Crippen molar-refractivity contribution in [2.24, 2.45) is 0 Å². The number of ether oxygens (including phenoxy) is 3. The van der Waals surface area contributed by atoms with Gasteiger partial charge in [0.15, 0.2) is 0 Å². The van der Waals surface area contributed by atoms with E-state index >= 15 is 0 Å². The topological polar surface area (TPSA) is 55.4 Å². The van der Waals surface area contributed by atoms with E-state index in [-0.39, 0.29) is 0 Å². The first kappa shape index (κ1) is 24.0. The van der Waals surface area contributed by atoms with Gasteiger partial charge in [0.1, 0.15) is 0 Å². The number of allylic oxidation sites excluding steroid dienone is 3. The van der Waals surface area contributed by atoms with Crippen LogP contribution in [-0.4, -0.2) is 50.0 Å². The minimum Gasteiger partial charge on any atom is -0.502 e. The molecule has 0 aromatic heterocycles. The molecule has 0 aliphatic carbocycles. The first-order valence-corrected chi connectivity index (χ1v) is 10.8. The van der Waals surface area contributed by atoms with Gasteiger partial charge in [-0.2, -0.15) is 0 Å². The maximum Gasteiger partial charge on any atom is 0.538 e. The molecule has 1 rings (SSSR count). The number of benzene rings is 1. The van der Waals surface area contributed by atoms with Crippen LogP contribution in [0.5, 0.6) is 0 Å². The van der Waals surface area contributed by atoms with Gasteiger partial charge in [0, 0.05) is 5.19 Å². The molecule has 6 nitrogen and oxygen atoms in total. The highest BCUT2D eigenvalue weighted by Gasteiger charge is 2.43. The third-order valence-electron chi connectivity index (χ3n) is 4.03. The van der Waals surface area contributed by atoms with Gasteiger partial charge in [-0.3, -0.25) is 0 Å². The Balaban J connectivity index is 3.14.